The summed E-state index contributed by atoms with van der Waals surface area (Å²) in [6.45, 7) is 1.98. The molecule has 0 amide bonds. The Bertz CT molecular complexity index is 763. The van der Waals surface area contributed by atoms with Crippen molar-refractivity contribution in [1.29, 1.82) is 0 Å². The summed E-state index contributed by atoms with van der Waals surface area (Å²) in [5, 5.41) is 0. The number of sulfone groups is 1. The molecule has 1 heterocycles. The van der Waals surface area contributed by atoms with E-state index in [4.69, 9.17) is 0 Å². The molecule has 1 aromatic heterocycles. The van der Waals surface area contributed by atoms with E-state index < -0.39 is 20.6 Å². The number of rotatable bonds is 4. The Morgan fingerprint density at radius 2 is 2.05 bits per heavy atom. The van der Waals surface area contributed by atoms with E-state index in [1.54, 1.807) is 24.6 Å². The average Bonchev–Trinajstić information content (AvgIpc) is 2.86. The van der Waals surface area contributed by atoms with Crippen LogP contribution in [0.2, 0.25) is 0 Å². The van der Waals surface area contributed by atoms with Gasteiger partial charge >= 0.3 is 0 Å². The number of thiazole rings is 1. The molecular formula is C13H15NO3S3. The Morgan fingerprint density at radius 3 is 2.55 bits per heavy atom. The van der Waals surface area contributed by atoms with Crippen molar-refractivity contribution in [2.45, 2.75) is 22.6 Å². The van der Waals surface area contributed by atoms with Gasteiger partial charge in [-0.1, -0.05) is 19.1 Å². The van der Waals surface area contributed by atoms with Gasteiger partial charge in [0.2, 0.25) is 0 Å². The molecule has 0 fully saturated rings. The maximum atomic E-state index is 12.0. The van der Waals surface area contributed by atoms with E-state index in [-0.39, 0.29) is 0 Å². The van der Waals surface area contributed by atoms with Crippen LogP contribution in [-0.4, -0.2) is 30.1 Å². The van der Waals surface area contributed by atoms with Crippen LogP contribution in [0.15, 0.2) is 33.6 Å². The van der Waals surface area contributed by atoms with E-state index in [0.717, 1.165) is 16.9 Å². The highest BCUT2D eigenvalue weighted by molar-refractivity contribution is 7.91. The molecule has 0 aliphatic carbocycles. The third-order valence-corrected chi connectivity index (χ3v) is 6.37. The first kappa shape index (κ1) is 15.3. The van der Waals surface area contributed by atoms with Crippen LogP contribution in [0.1, 0.15) is 12.5 Å². The standard InChI is InChI=1S/C13H15NO3S3/c1-4-9-6-5-7-11(20(3,16)17)12(9)10-8-14-13(18-10)19(2)15/h5-8H,4H2,1-3H3. The predicted octanol–water partition coefficient (Wildman–Crippen LogP) is 2.51. The van der Waals surface area contributed by atoms with Crippen LogP contribution in [-0.2, 0) is 27.1 Å². The topological polar surface area (TPSA) is 64.1 Å². The van der Waals surface area contributed by atoms with Crippen molar-refractivity contribution in [2.24, 2.45) is 0 Å². The Balaban J connectivity index is 2.73. The zero-order chi connectivity index (χ0) is 14.9. The summed E-state index contributed by atoms with van der Waals surface area (Å²) in [5.74, 6) is 0. The summed E-state index contributed by atoms with van der Waals surface area (Å²) >= 11 is 1.28. The Hall–Kier alpha value is -1.05. The number of aromatic nitrogens is 1. The smallest absolute Gasteiger partial charge is 0.180 e. The summed E-state index contributed by atoms with van der Waals surface area (Å²) in [6.07, 6.45) is 5.09. The van der Waals surface area contributed by atoms with Crippen LogP contribution in [0.25, 0.3) is 10.4 Å². The van der Waals surface area contributed by atoms with Gasteiger partial charge in [-0.3, -0.25) is 4.21 Å². The quantitative estimate of drug-likeness (QED) is 0.864. The lowest BCUT2D eigenvalue weighted by Gasteiger charge is -2.10. The number of hydrogen-bond donors (Lipinski definition) is 0. The molecule has 0 aliphatic heterocycles. The van der Waals surface area contributed by atoms with E-state index in [9.17, 15) is 12.6 Å². The van der Waals surface area contributed by atoms with Gasteiger partial charge in [0, 0.05) is 24.3 Å². The van der Waals surface area contributed by atoms with Crippen molar-refractivity contribution in [3.63, 3.8) is 0 Å². The number of aryl methyl sites for hydroxylation is 1. The molecule has 0 N–H and O–H groups in total. The maximum absolute atomic E-state index is 12.0. The van der Waals surface area contributed by atoms with Crippen molar-refractivity contribution >= 4 is 32.0 Å². The van der Waals surface area contributed by atoms with Crippen LogP contribution in [0.4, 0.5) is 0 Å². The van der Waals surface area contributed by atoms with Crippen LogP contribution in [0.5, 0.6) is 0 Å². The molecule has 2 rings (SSSR count). The monoisotopic (exact) mass is 329 g/mol. The first-order valence-corrected chi connectivity index (χ1v) is 10.2. The van der Waals surface area contributed by atoms with E-state index in [1.807, 2.05) is 13.0 Å². The largest absolute Gasteiger partial charge is 0.252 e. The second-order valence-electron chi connectivity index (χ2n) is 4.36. The Morgan fingerprint density at radius 1 is 1.35 bits per heavy atom. The summed E-state index contributed by atoms with van der Waals surface area (Å²) in [6, 6.07) is 5.26. The van der Waals surface area contributed by atoms with E-state index in [2.05, 4.69) is 4.98 Å². The van der Waals surface area contributed by atoms with Crippen molar-refractivity contribution < 1.29 is 12.6 Å². The minimum atomic E-state index is -3.32. The minimum Gasteiger partial charge on any atom is -0.252 e. The van der Waals surface area contributed by atoms with Gasteiger partial charge < -0.3 is 0 Å². The molecular weight excluding hydrogens is 314 g/mol. The molecule has 0 radical (unpaired) electrons. The molecule has 7 heteroatoms. The van der Waals surface area contributed by atoms with E-state index in [0.29, 0.717) is 14.8 Å². The molecule has 0 aliphatic rings. The molecule has 0 bridgehead atoms. The fraction of sp³-hybridized carbons (Fsp3) is 0.308. The summed E-state index contributed by atoms with van der Waals surface area (Å²) < 4.78 is 35.9. The molecule has 1 aromatic carbocycles. The van der Waals surface area contributed by atoms with Crippen LogP contribution >= 0.6 is 11.3 Å². The molecule has 2 aromatic rings. The number of nitrogens with zero attached hydrogens (tertiary/aromatic N) is 1. The second kappa shape index (κ2) is 5.75. The number of benzene rings is 1. The SMILES string of the molecule is CCc1cccc(S(C)(=O)=O)c1-c1cnc(S(C)=O)s1. The third kappa shape index (κ3) is 2.99. The van der Waals surface area contributed by atoms with Gasteiger partial charge in [-0.05, 0) is 18.1 Å². The summed E-state index contributed by atoms with van der Waals surface area (Å²) in [4.78, 5) is 5.16. The highest BCUT2D eigenvalue weighted by Gasteiger charge is 2.19. The lowest BCUT2D eigenvalue weighted by molar-refractivity contribution is 0.602. The van der Waals surface area contributed by atoms with E-state index >= 15 is 0 Å². The van der Waals surface area contributed by atoms with Gasteiger partial charge in [0.25, 0.3) is 0 Å². The van der Waals surface area contributed by atoms with Crippen LogP contribution < -0.4 is 0 Å². The lowest BCUT2D eigenvalue weighted by atomic mass is 10.0. The highest BCUT2D eigenvalue weighted by Crippen LogP contribution is 2.35. The van der Waals surface area contributed by atoms with Crippen LogP contribution in [0, 0.1) is 0 Å². The van der Waals surface area contributed by atoms with Gasteiger partial charge in [0.05, 0.1) is 20.6 Å². The van der Waals surface area contributed by atoms with Gasteiger partial charge in [-0.2, -0.15) is 0 Å². The molecule has 1 atom stereocenters. The lowest BCUT2D eigenvalue weighted by Crippen LogP contribution is -2.01. The third-order valence-electron chi connectivity index (χ3n) is 2.87. The first-order valence-electron chi connectivity index (χ1n) is 5.96. The molecule has 20 heavy (non-hydrogen) atoms. The molecule has 0 saturated carbocycles. The van der Waals surface area contributed by atoms with Gasteiger partial charge in [0.1, 0.15) is 0 Å². The molecule has 0 saturated heterocycles. The normalized spacial score (nSPS) is 13.3. The molecule has 4 nitrogen and oxygen atoms in total. The molecule has 0 spiro atoms. The van der Waals surface area contributed by atoms with E-state index in [1.165, 1.54) is 17.6 Å². The molecule has 108 valence electrons. The van der Waals surface area contributed by atoms with Gasteiger partial charge in [-0.15, -0.1) is 11.3 Å². The van der Waals surface area contributed by atoms with Crippen molar-refractivity contribution in [1.82, 2.24) is 4.98 Å². The van der Waals surface area contributed by atoms with Gasteiger partial charge in [0.15, 0.2) is 14.2 Å². The molecule has 1 unspecified atom stereocenters. The van der Waals surface area contributed by atoms with Crippen molar-refractivity contribution in [3.05, 3.63) is 30.0 Å². The predicted molar refractivity (Wildman–Crippen MR) is 82.4 cm³/mol. The summed E-state index contributed by atoms with van der Waals surface area (Å²) in [7, 11) is -4.48. The van der Waals surface area contributed by atoms with Crippen molar-refractivity contribution in [2.75, 3.05) is 12.5 Å². The average molecular weight is 329 g/mol. The zero-order valence-electron chi connectivity index (χ0n) is 11.4. The Kier molecular flexibility index (Phi) is 4.41. The fourth-order valence-corrected chi connectivity index (χ4v) is 4.65. The highest BCUT2D eigenvalue weighted by atomic mass is 32.2. The Labute approximate surface area is 125 Å². The van der Waals surface area contributed by atoms with Crippen LogP contribution in [0.3, 0.4) is 0 Å². The second-order valence-corrected chi connectivity index (χ2v) is 8.93. The fourth-order valence-electron chi connectivity index (χ4n) is 1.97. The zero-order valence-corrected chi connectivity index (χ0v) is 13.9. The van der Waals surface area contributed by atoms with Gasteiger partial charge in [-0.25, -0.2) is 13.4 Å². The maximum Gasteiger partial charge on any atom is 0.180 e. The minimum absolute atomic E-state index is 0.300. The summed E-state index contributed by atoms with van der Waals surface area (Å²) in [5.41, 5.74) is 1.64. The number of hydrogen-bond acceptors (Lipinski definition) is 5. The first-order chi connectivity index (χ1) is 9.34. The van der Waals surface area contributed by atoms with Crippen molar-refractivity contribution in [3.8, 4) is 10.4 Å².